The van der Waals surface area contributed by atoms with Crippen LogP contribution in [0.4, 0.5) is 0 Å². The van der Waals surface area contributed by atoms with Crippen molar-refractivity contribution in [2.24, 2.45) is 0 Å². The summed E-state index contributed by atoms with van der Waals surface area (Å²) in [5, 5.41) is 8.55. The first-order valence-corrected chi connectivity index (χ1v) is 2.41. The van der Waals surface area contributed by atoms with E-state index in [9.17, 15) is 4.79 Å². The lowest BCUT2D eigenvalue weighted by molar-refractivity contribution is -0.142. The molecule has 0 aliphatic carbocycles. The monoisotopic (exact) mass is 119 g/mol. The predicted octanol–water partition coefficient (Wildman–Crippen LogP) is 0.0428. The van der Waals surface area contributed by atoms with Crippen LogP contribution in [0.25, 0.3) is 0 Å². The van der Waals surface area contributed by atoms with Crippen LogP contribution in [0.5, 0.6) is 0 Å². The van der Waals surface area contributed by atoms with Crippen molar-refractivity contribution < 1.29 is 16.1 Å². The maximum absolute atomic E-state index is 10.2. The van der Waals surface area contributed by atoms with E-state index in [-0.39, 0.29) is 13.8 Å². The lowest BCUT2D eigenvalue weighted by Crippen LogP contribution is -2.10. The molecule has 1 N–H and O–H groups in total. The van der Waals surface area contributed by atoms with Crippen LogP contribution in [0.2, 0.25) is 0 Å². The van der Waals surface area contributed by atoms with Crippen molar-refractivity contribution in [1.29, 1.82) is 0 Å². The van der Waals surface area contributed by atoms with E-state index in [0.29, 0.717) is 0 Å². The zero-order chi connectivity index (χ0) is 6.57. The van der Waals surface area contributed by atoms with Crippen molar-refractivity contribution in [3.8, 4) is 0 Å². The Morgan fingerprint density at radius 3 is 2.62 bits per heavy atom. The highest BCUT2D eigenvalue weighted by molar-refractivity contribution is 5.69. The van der Waals surface area contributed by atoms with Gasteiger partial charge in [0.1, 0.15) is 0 Å². The molecule has 0 radical (unpaired) electrons. The minimum Gasteiger partial charge on any atom is -0.469 e. The maximum atomic E-state index is 10.2. The fraction of sp³-hybridized carbons (Fsp3) is 0.800. The summed E-state index contributed by atoms with van der Waals surface area (Å²) >= 11 is 0. The van der Waals surface area contributed by atoms with Gasteiger partial charge in [0.15, 0.2) is 0 Å². The molecule has 0 aliphatic heterocycles. The third-order valence-electron chi connectivity index (χ3n) is 0.690. The third kappa shape index (κ3) is 3.61. The lowest BCUT2D eigenvalue weighted by atomic mass is 10.3. The highest BCUT2D eigenvalue weighted by Crippen LogP contribution is 1.89. The lowest BCUT2D eigenvalue weighted by Gasteiger charge is -1.99. The van der Waals surface area contributed by atoms with Gasteiger partial charge in [0.25, 0.3) is 0 Å². The van der Waals surface area contributed by atoms with Crippen molar-refractivity contribution in [2.75, 3.05) is 7.11 Å². The van der Waals surface area contributed by atoms with Crippen LogP contribution in [0.1, 0.15) is 14.8 Å². The molecule has 3 nitrogen and oxygen atoms in total. The number of carbonyl (C=O) groups excluding carboxylic acids is 1. The van der Waals surface area contributed by atoms with E-state index in [0.717, 1.165) is 0 Å². The van der Waals surface area contributed by atoms with E-state index in [2.05, 4.69) is 4.74 Å². The first-order valence-electron chi connectivity index (χ1n) is 2.41. The minimum atomic E-state index is -0.595. The van der Waals surface area contributed by atoms with Gasteiger partial charge in [-0.3, -0.25) is 4.79 Å². The summed E-state index contributed by atoms with van der Waals surface area (Å²) in [6, 6.07) is 0. The van der Waals surface area contributed by atoms with Gasteiger partial charge in [-0.2, -0.15) is 0 Å². The number of methoxy groups -OCH3 is 1. The molecular weight excluding hydrogens is 108 g/mol. The normalized spacial score (nSPS) is 12.9. The van der Waals surface area contributed by atoms with E-state index in [4.69, 9.17) is 5.11 Å². The standard InChI is InChI=1S/C5H10O3/c1-4(6)3-5(7)8-2/h4,6H,3H2,1-2H3/p+1. The number of rotatable bonds is 2. The van der Waals surface area contributed by atoms with Gasteiger partial charge in [-0.1, -0.05) is 0 Å². The van der Waals surface area contributed by atoms with Gasteiger partial charge in [-0.05, 0) is 6.92 Å². The van der Waals surface area contributed by atoms with Crippen LogP contribution in [0.3, 0.4) is 0 Å². The largest absolute Gasteiger partial charge is 1.00 e. The first-order chi connectivity index (χ1) is 3.66. The molecule has 0 saturated heterocycles. The second kappa shape index (κ2) is 3.43. The van der Waals surface area contributed by atoms with Crippen LogP contribution in [-0.2, 0) is 9.53 Å². The van der Waals surface area contributed by atoms with Crippen LogP contribution >= 0.6 is 0 Å². The van der Waals surface area contributed by atoms with Gasteiger partial charge in [-0.15, -0.1) is 0 Å². The number of hydrogen-bond acceptors (Lipinski definition) is 3. The molecule has 0 amide bonds. The molecule has 0 aromatic heterocycles. The van der Waals surface area contributed by atoms with Gasteiger partial charge in [0.05, 0.1) is 19.6 Å². The molecule has 8 heavy (non-hydrogen) atoms. The Bertz CT molecular complexity index is 82.3. The second-order valence-electron chi connectivity index (χ2n) is 1.63. The summed E-state index contributed by atoms with van der Waals surface area (Å²) < 4.78 is 4.26. The predicted molar refractivity (Wildman–Crippen MR) is 29.4 cm³/mol. The average Bonchev–Trinajstić information content (AvgIpc) is 1.65. The maximum Gasteiger partial charge on any atom is 1.00 e. The molecule has 1 unspecified atom stereocenters. The van der Waals surface area contributed by atoms with E-state index >= 15 is 0 Å². The number of aliphatic hydroxyl groups excluding tert-OH is 1. The highest BCUT2D eigenvalue weighted by Gasteiger charge is 2.03. The number of hydrogen-bond donors (Lipinski definition) is 1. The van der Waals surface area contributed by atoms with Crippen LogP contribution < -0.4 is 0 Å². The number of esters is 1. The van der Waals surface area contributed by atoms with Gasteiger partial charge in [0.2, 0.25) is 0 Å². The summed E-state index contributed by atoms with van der Waals surface area (Å²) in [5.41, 5.74) is 0. The van der Waals surface area contributed by atoms with Gasteiger partial charge >= 0.3 is 7.40 Å². The summed E-state index contributed by atoms with van der Waals surface area (Å²) in [7, 11) is 1.30. The van der Waals surface area contributed by atoms with E-state index < -0.39 is 6.10 Å². The van der Waals surface area contributed by atoms with Crippen LogP contribution in [0.15, 0.2) is 0 Å². The molecule has 0 rings (SSSR count). The minimum absolute atomic E-state index is 0. The molecule has 48 valence electrons. The fourth-order valence-corrected chi connectivity index (χ4v) is 0.325. The Balaban J connectivity index is 0. The molecule has 0 saturated carbocycles. The zero-order valence-corrected chi connectivity index (χ0v) is 5.05. The van der Waals surface area contributed by atoms with Crippen molar-refractivity contribution in [1.82, 2.24) is 0 Å². The van der Waals surface area contributed by atoms with Crippen molar-refractivity contribution in [3.05, 3.63) is 0 Å². The van der Waals surface area contributed by atoms with Gasteiger partial charge in [0, 0.05) is 0 Å². The molecule has 1 atom stereocenters. The van der Waals surface area contributed by atoms with E-state index in [1.165, 1.54) is 14.0 Å². The second-order valence-corrected chi connectivity index (χ2v) is 1.63. The quantitative estimate of drug-likeness (QED) is 0.522. The summed E-state index contributed by atoms with van der Waals surface area (Å²) in [6.07, 6.45) is -0.515. The molecule has 0 heterocycles. The van der Waals surface area contributed by atoms with Gasteiger partial charge < -0.3 is 9.84 Å². The van der Waals surface area contributed by atoms with Crippen LogP contribution in [-0.4, -0.2) is 24.3 Å². The fourth-order valence-electron chi connectivity index (χ4n) is 0.325. The van der Waals surface area contributed by atoms with Crippen LogP contribution in [0, 0.1) is 0 Å². The average molecular weight is 119 g/mol. The Labute approximate surface area is 49.8 Å². The van der Waals surface area contributed by atoms with Gasteiger partial charge in [-0.25, -0.2) is 0 Å². The summed E-state index contributed by atoms with van der Waals surface area (Å²) in [6.45, 7) is 1.54. The van der Waals surface area contributed by atoms with Crippen molar-refractivity contribution in [3.63, 3.8) is 0 Å². The highest BCUT2D eigenvalue weighted by atomic mass is 16.5. The molecule has 0 spiro atoms. The zero-order valence-electron chi connectivity index (χ0n) is 6.05. The third-order valence-corrected chi connectivity index (χ3v) is 0.690. The smallest absolute Gasteiger partial charge is 0.469 e. The Morgan fingerprint density at radius 1 is 2.00 bits per heavy atom. The Hall–Kier alpha value is -0.570. The molecule has 0 fully saturated rings. The van der Waals surface area contributed by atoms with Crippen molar-refractivity contribution in [2.45, 2.75) is 19.4 Å². The number of aliphatic hydroxyl groups is 1. The summed E-state index contributed by atoms with van der Waals surface area (Å²) in [5.74, 6) is -0.375. The van der Waals surface area contributed by atoms with E-state index in [1.54, 1.807) is 0 Å². The molecule has 3 heteroatoms. The number of ether oxygens (including phenoxy) is 1. The number of carbonyl (C=O) groups is 1. The Kier molecular flexibility index (Phi) is 3.19. The first kappa shape index (κ1) is 7.43. The summed E-state index contributed by atoms with van der Waals surface area (Å²) in [4.78, 5) is 10.2. The molecule has 0 bridgehead atoms. The van der Waals surface area contributed by atoms with Crippen molar-refractivity contribution >= 4 is 5.97 Å². The molecule has 0 aromatic carbocycles. The Morgan fingerprint density at radius 2 is 2.50 bits per heavy atom. The SMILES string of the molecule is COC(=O)CC(C)O.[H+]. The van der Waals surface area contributed by atoms with E-state index in [1.807, 2.05) is 0 Å². The molecule has 0 aliphatic rings. The molecular formula is C5H11O3+. The molecule has 0 aromatic rings. The topological polar surface area (TPSA) is 46.5 Å².